The maximum atomic E-state index is 13.2. The Labute approximate surface area is 195 Å². The number of hydrogen-bond acceptors (Lipinski definition) is 4. The zero-order valence-corrected chi connectivity index (χ0v) is 18.8. The van der Waals surface area contributed by atoms with Crippen LogP contribution in [-0.2, 0) is 26.5 Å². The summed E-state index contributed by atoms with van der Waals surface area (Å²) in [5.74, 6) is -1.67. The number of rotatable bonds is 8. The maximum absolute atomic E-state index is 13.2. The van der Waals surface area contributed by atoms with Crippen molar-refractivity contribution < 1.29 is 19.2 Å². The molecule has 0 spiro atoms. The molecule has 0 radical (unpaired) electrons. The number of halogens is 2. The van der Waals surface area contributed by atoms with Crippen LogP contribution < -0.4 is 11.1 Å². The summed E-state index contributed by atoms with van der Waals surface area (Å²) < 4.78 is 0. The number of nitrogens with one attached hydrogen (secondary N) is 1. The highest BCUT2D eigenvalue weighted by molar-refractivity contribution is 6.35. The first-order chi connectivity index (χ1) is 15.1. The van der Waals surface area contributed by atoms with E-state index in [1.54, 1.807) is 12.1 Å². The van der Waals surface area contributed by atoms with Crippen LogP contribution in [0.3, 0.4) is 0 Å². The van der Waals surface area contributed by atoms with E-state index in [0.29, 0.717) is 10.6 Å². The van der Waals surface area contributed by atoms with Gasteiger partial charge in [-0.3, -0.25) is 19.3 Å². The molecule has 1 fully saturated rings. The Balaban J connectivity index is 1.80. The van der Waals surface area contributed by atoms with E-state index in [2.05, 4.69) is 5.32 Å². The van der Waals surface area contributed by atoms with Gasteiger partial charge >= 0.3 is 6.03 Å². The van der Waals surface area contributed by atoms with E-state index >= 15 is 0 Å². The van der Waals surface area contributed by atoms with Crippen molar-refractivity contribution in [3.8, 4) is 0 Å². The molecule has 3 N–H and O–H groups in total. The van der Waals surface area contributed by atoms with Crippen molar-refractivity contribution in [2.24, 2.45) is 5.73 Å². The lowest BCUT2D eigenvalue weighted by Crippen LogP contribution is -2.45. The first kappa shape index (κ1) is 23.6. The predicted molar refractivity (Wildman–Crippen MR) is 120 cm³/mol. The molecule has 0 bridgehead atoms. The fourth-order valence-corrected chi connectivity index (χ4v) is 4.09. The van der Waals surface area contributed by atoms with Crippen LogP contribution in [0.25, 0.3) is 0 Å². The molecular formula is C22H22Cl2N4O4. The quantitative estimate of drug-likeness (QED) is 0.570. The van der Waals surface area contributed by atoms with Gasteiger partial charge in [-0.2, -0.15) is 0 Å². The number of nitrogens with two attached hydrogens (primary N) is 1. The molecule has 3 rings (SSSR count). The van der Waals surface area contributed by atoms with Gasteiger partial charge in [0.25, 0.3) is 5.91 Å². The van der Waals surface area contributed by atoms with Gasteiger partial charge in [0, 0.05) is 35.1 Å². The van der Waals surface area contributed by atoms with Crippen molar-refractivity contribution in [2.45, 2.75) is 25.4 Å². The number of benzene rings is 2. The van der Waals surface area contributed by atoms with Gasteiger partial charge in [-0.25, -0.2) is 4.79 Å². The third-order valence-electron chi connectivity index (χ3n) is 5.24. The normalized spacial score (nSPS) is 17.9. The van der Waals surface area contributed by atoms with E-state index in [9.17, 15) is 19.2 Å². The molecule has 1 saturated heterocycles. The van der Waals surface area contributed by atoms with Crippen molar-refractivity contribution >= 4 is 47.0 Å². The highest BCUT2D eigenvalue weighted by Crippen LogP contribution is 2.35. The van der Waals surface area contributed by atoms with Gasteiger partial charge in [0.2, 0.25) is 11.8 Å². The summed E-state index contributed by atoms with van der Waals surface area (Å²) in [6.45, 7) is 1.29. The highest BCUT2D eigenvalue weighted by atomic mass is 35.5. The summed E-state index contributed by atoms with van der Waals surface area (Å²) in [6.07, 6.45) is -0.0448. The molecule has 0 aromatic heterocycles. The lowest BCUT2D eigenvalue weighted by molar-refractivity contribution is -0.139. The number of nitrogens with zero attached hydrogens (tertiary/aromatic N) is 2. The lowest BCUT2D eigenvalue weighted by Gasteiger charge is -2.26. The van der Waals surface area contributed by atoms with Gasteiger partial charge in [-0.1, -0.05) is 59.6 Å². The number of primary amides is 1. The van der Waals surface area contributed by atoms with E-state index in [1.807, 2.05) is 30.3 Å². The minimum absolute atomic E-state index is 0.0448. The van der Waals surface area contributed by atoms with Gasteiger partial charge in [-0.15, -0.1) is 0 Å². The molecule has 0 aliphatic carbocycles. The lowest BCUT2D eigenvalue weighted by atomic mass is 9.92. The second kappa shape index (κ2) is 9.58. The molecule has 0 saturated carbocycles. The van der Waals surface area contributed by atoms with Crippen molar-refractivity contribution in [2.75, 3.05) is 13.1 Å². The number of carbonyl (C=O) groups is 4. The van der Waals surface area contributed by atoms with Crippen LogP contribution in [0.1, 0.15) is 24.5 Å². The Morgan fingerprint density at radius 3 is 2.44 bits per heavy atom. The van der Waals surface area contributed by atoms with Gasteiger partial charge in [0.05, 0.1) is 0 Å². The molecular weight excluding hydrogens is 455 g/mol. The molecule has 8 nitrogen and oxygen atoms in total. The minimum atomic E-state index is -1.45. The van der Waals surface area contributed by atoms with Crippen LogP contribution in [0.4, 0.5) is 4.79 Å². The van der Waals surface area contributed by atoms with Gasteiger partial charge < -0.3 is 16.0 Å². The van der Waals surface area contributed by atoms with Crippen LogP contribution in [0, 0.1) is 0 Å². The second-order valence-corrected chi connectivity index (χ2v) is 8.43. The number of hydrogen-bond donors (Lipinski definition) is 2. The molecule has 168 valence electrons. The smallest absolute Gasteiger partial charge is 0.325 e. The van der Waals surface area contributed by atoms with Crippen molar-refractivity contribution in [1.82, 2.24) is 15.1 Å². The Hall–Kier alpha value is -3.10. The van der Waals surface area contributed by atoms with E-state index in [4.69, 9.17) is 28.9 Å². The summed E-state index contributed by atoms with van der Waals surface area (Å²) in [5, 5.41) is 3.22. The second-order valence-electron chi connectivity index (χ2n) is 7.59. The average Bonchev–Trinajstić information content (AvgIpc) is 2.95. The molecule has 32 heavy (non-hydrogen) atoms. The van der Waals surface area contributed by atoms with Crippen LogP contribution in [0.5, 0.6) is 0 Å². The SMILES string of the molecule is CC1(c2ccc(Cl)cc2Cl)NC(=O)N(CC(=O)N(CCC(N)=O)Cc2ccccc2)C1=O. The Morgan fingerprint density at radius 1 is 1.12 bits per heavy atom. The molecule has 2 aromatic rings. The van der Waals surface area contributed by atoms with Crippen LogP contribution in [-0.4, -0.2) is 46.6 Å². The van der Waals surface area contributed by atoms with Crippen molar-refractivity contribution in [1.29, 1.82) is 0 Å². The molecule has 1 aliphatic heterocycles. The van der Waals surface area contributed by atoms with Crippen LogP contribution in [0.2, 0.25) is 10.0 Å². The summed E-state index contributed by atoms with van der Waals surface area (Å²) in [6, 6.07) is 13.0. The van der Waals surface area contributed by atoms with Gasteiger partial charge in [0.15, 0.2) is 0 Å². The zero-order valence-electron chi connectivity index (χ0n) is 17.3. The fraction of sp³-hybridized carbons (Fsp3) is 0.273. The first-order valence-electron chi connectivity index (χ1n) is 9.81. The molecule has 1 atom stereocenters. The highest BCUT2D eigenvalue weighted by Gasteiger charge is 2.50. The number of carbonyl (C=O) groups excluding carboxylic acids is 4. The number of urea groups is 1. The molecule has 10 heteroatoms. The molecule has 5 amide bonds. The molecule has 1 aliphatic rings. The Kier molecular flexibility index (Phi) is 7.06. The summed E-state index contributed by atoms with van der Waals surface area (Å²) in [5.41, 5.74) is 4.99. The number of imide groups is 1. The topological polar surface area (TPSA) is 113 Å². The van der Waals surface area contributed by atoms with E-state index in [1.165, 1.54) is 17.9 Å². The molecule has 1 heterocycles. The van der Waals surface area contributed by atoms with Crippen LogP contribution >= 0.6 is 23.2 Å². The summed E-state index contributed by atoms with van der Waals surface area (Å²) in [4.78, 5) is 52.3. The maximum Gasteiger partial charge on any atom is 0.325 e. The summed E-state index contributed by atoms with van der Waals surface area (Å²) in [7, 11) is 0. The first-order valence-corrected chi connectivity index (χ1v) is 10.6. The fourth-order valence-electron chi connectivity index (χ4n) is 3.49. The monoisotopic (exact) mass is 476 g/mol. The third kappa shape index (κ3) is 5.03. The third-order valence-corrected chi connectivity index (χ3v) is 5.78. The van der Waals surface area contributed by atoms with Crippen molar-refractivity contribution in [3.63, 3.8) is 0 Å². The zero-order chi connectivity index (χ0) is 23.5. The van der Waals surface area contributed by atoms with E-state index < -0.39 is 35.8 Å². The van der Waals surface area contributed by atoms with E-state index in [0.717, 1.165) is 10.5 Å². The summed E-state index contributed by atoms with van der Waals surface area (Å²) >= 11 is 12.2. The average molecular weight is 477 g/mol. The van der Waals surface area contributed by atoms with E-state index in [-0.39, 0.29) is 24.5 Å². The Morgan fingerprint density at radius 2 is 1.81 bits per heavy atom. The standard InChI is InChI=1S/C22H22Cl2N4O4/c1-22(16-8-7-15(23)11-17(16)24)20(31)28(21(32)26-22)13-19(30)27(10-9-18(25)29)12-14-5-3-2-4-6-14/h2-8,11H,9-10,12-13H2,1H3,(H2,25,29)(H,26,32). The Bertz CT molecular complexity index is 1060. The van der Waals surface area contributed by atoms with Crippen LogP contribution in [0.15, 0.2) is 48.5 Å². The molecule has 2 aromatic carbocycles. The molecule has 1 unspecified atom stereocenters. The predicted octanol–water partition coefficient (Wildman–Crippen LogP) is 2.66. The van der Waals surface area contributed by atoms with Crippen molar-refractivity contribution in [3.05, 3.63) is 69.7 Å². The largest absolute Gasteiger partial charge is 0.370 e. The van der Waals surface area contributed by atoms with Gasteiger partial charge in [0.1, 0.15) is 12.1 Å². The minimum Gasteiger partial charge on any atom is -0.370 e. The number of amides is 5. The van der Waals surface area contributed by atoms with Gasteiger partial charge in [-0.05, 0) is 24.6 Å².